The van der Waals surface area contributed by atoms with Crippen LogP contribution in [0.15, 0.2) is 0 Å². The van der Waals surface area contributed by atoms with Crippen LogP contribution < -0.4 is 0 Å². The van der Waals surface area contributed by atoms with Gasteiger partial charge in [0.1, 0.15) is 19.3 Å². The molecule has 17 nitrogen and oxygen atoms in total. The average molecular weight is 1400 g/mol. The van der Waals surface area contributed by atoms with Crippen molar-refractivity contribution in [2.75, 3.05) is 39.6 Å². The fraction of sp³-hybridized carbons (Fsp3) is 0.947. The number of hydrogen-bond donors (Lipinski definition) is 3. The minimum absolute atomic E-state index is 0.108. The van der Waals surface area contributed by atoms with Gasteiger partial charge in [-0.25, -0.2) is 9.13 Å². The molecule has 0 saturated heterocycles. The highest BCUT2D eigenvalue weighted by atomic mass is 31.2. The third-order valence-corrected chi connectivity index (χ3v) is 19.8. The maximum Gasteiger partial charge on any atom is 0.472 e. The molecule has 0 radical (unpaired) electrons. The lowest BCUT2D eigenvalue weighted by Gasteiger charge is -2.21. The van der Waals surface area contributed by atoms with Gasteiger partial charge in [-0.05, 0) is 25.7 Å². The van der Waals surface area contributed by atoms with Crippen LogP contribution in [0.4, 0.5) is 0 Å². The van der Waals surface area contributed by atoms with Crippen LogP contribution in [0.3, 0.4) is 0 Å². The molecule has 3 N–H and O–H groups in total. The number of aliphatic hydroxyl groups excluding tert-OH is 1. The molecule has 0 spiro atoms. The lowest BCUT2D eigenvalue weighted by molar-refractivity contribution is -0.161. The molecule has 0 saturated carbocycles. The normalized spacial score (nSPS) is 13.9. The monoisotopic (exact) mass is 1400 g/mol. The second-order valence-electron chi connectivity index (χ2n) is 27.4. The van der Waals surface area contributed by atoms with Crippen LogP contribution in [-0.2, 0) is 65.4 Å². The fourth-order valence-corrected chi connectivity index (χ4v) is 13.3. The Bertz CT molecular complexity index is 1810. The number of phosphoric acid groups is 2. The van der Waals surface area contributed by atoms with Crippen molar-refractivity contribution in [2.24, 2.45) is 0 Å². The highest BCUT2D eigenvalue weighted by molar-refractivity contribution is 7.47. The zero-order valence-corrected chi connectivity index (χ0v) is 63.4. The van der Waals surface area contributed by atoms with Gasteiger partial charge in [0.25, 0.3) is 0 Å². The third-order valence-electron chi connectivity index (χ3n) is 17.9. The first kappa shape index (κ1) is 93.1. The molecule has 0 heterocycles. The van der Waals surface area contributed by atoms with E-state index in [0.29, 0.717) is 25.7 Å². The van der Waals surface area contributed by atoms with E-state index in [2.05, 4.69) is 27.7 Å². The van der Waals surface area contributed by atoms with Crippen molar-refractivity contribution in [3.05, 3.63) is 0 Å². The number of unbranched alkanes of at least 4 members (excludes halogenated alkanes) is 51. The summed E-state index contributed by atoms with van der Waals surface area (Å²) in [6, 6.07) is 0. The Hall–Kier alpha value is -1.94. The van der Waals surface area contributed by atoms with E-state index in [1.54, 1.807) is 0 Å². The number of aliphatic hydroxyl groups is 1. The van der Waals surface area contributed by atoms with Gasteiger partial charge in [-0.15, -0.1) is 0 Å². The minimum Gasteiger partial charge on any atom is -0.462 e. The predicted molar refractivity (Wildman–Crippen MR) is 386 cm³/mol. The summed E-state index contributed by atoms with van der Waals surface area (Å²) in [6.45, 7) is 4.99. The molecule has 2 unspecified atom stereocenters. The van der Waals surface area contributed by atoms with Crippen LogP contribution >= 0.6 is 15.6 Å². The lowest BCUT2D eigenvalue weighted by Crippen LogP contribution is -2.30. The zero-order chi connectivity index (χ0) is 69.7. The summed E-state index contributed by atoms with van der Waals surface area (Å²) in [5, 5.41) is 10.6. The Labute approximate surface area is 581 Å². The fourth-order valence-electron chi connectivity index (χ4n) is 11.8. The molecule has 0 aromatic heterocycles. The number of rotatable bonds is 77. The highest BCUT2D eigenvalue weighted by Crippen LogP contribution is 2.45. The minimum atomic E-state index is -4.96. The summed E-state index contributed by atoms with van der Waals surface area (Å²) in [5.74, 6) is -2.11. The Balaban J connectivity index is 5.23. The summed E-state index contributed by atoms with van der Waals surface area (Å²) in [5.41, 5.74) is 0. The number of esters is 4. The number of phosphoric ester groups is 2. The number of carbonyl (C=O) groups is 4. The van der Waals surface area contributed by atoms with Crippen molar-refractivity contribution >= 4 is 39.5 Å². The first-order chi connectivity index (χ1) is 46.2. The van der Waals surface area contributed by atoms with Crippen LogP contribution in [0.25, 0.3) is 0 Å². The summed E-state index contributed by atoms with van der Waals surface area (Å²) in [4.78, 5) is 72.8. The van der Waals surface area contributed by atoms with Crippen LogP contribution in [0.2, 0.25) is 0 Å². The molecule has 0 aromatic carbocycles. The molecule has 0 aromatic rings. The van der Waals surface area contributed by atoms with Crippen molar-refractivity contribution in [2.45, 2.75) is 425 Å². The van der Waals surface area contributed by atoms with Crippen molar-refractivity contribution in [1.29, 1.82) is 0 Å². The third kappa shape index (κ3) is 70.3. The molecule has 95 heavy (non-hydrogen) atoms. The van der Waals surface area contributed by atoms with Crippen molar-refractivity contribution in [3.8, 4) is 0 Å². The molecule has 0 fully saturated rings. The van der Waals surface area contributed by atoms with Crippen LogP contribution in [0, 0.1) is 0 Å². The van der Waals surface area contributed by atoms with Gasteiger partial charge in [-0.3, -0.25) is 37.3 Å². The molecule has 0 rings (SSSR count). The Morgan fingerprint density at radius 1 is 0.253 bits per heavy atom. The second kappa shape index (κ2) is 70.5. The van der Waals surface area contributed by atoms with Gasteiger partial charge in [0.05, 0.1) is 26.4 Å². The van der Waals surface area contributed by atoms with E-state index in [4.69, 9.17) is 37.0 Å². The van der Waals surface area contributed by atoms with E-state index in [-0.39, 0.29) is 25.7 Å². The maximum absolute atomic E-state index is 13.1. The van der Waals surface area contributed by atoms with E-state index in [0.717, 1.165) is 89.9 Å². The van der Waals surface area contributed by atoms with E-state index in [1.165, 1.54) is 238 Å². The predicted octanol–water partition coefficient (Wildman–Crippen LogP) is 22.6. The van der Waals surface area contributed by atoms with Gasteiger partial charge < -0.3 is 33.8 Å². The topological polar surface area (TPSA) is 237 Å². The average Bonchev–Trinajstić information content (AvgIpc) is 1.42. The molecule has 0 bridgehead atoms. The second-order valence-corrected chi connectivity index (χ2v) is 30.3. The summed E-state index contributed by atoms with van der Waals surface area (Å²) in [6.07, 6.45) is 60.9. The van der Waals surface area contributed by atoms with Crippen molar-refractivity contribution in [3.63, 3.8) is 0 Å². The quantitative estimate of drug-likeness (QED) is 0.0222. The number of hydrogen-bond acceptors (Lipinski definition) is 15. The van der Waals surface area contributed by atoms with Gasteiger partial charge >= 0.3 is 39.5 Å². The SMILES string of the molecule is CCCCCCCCCCCCCCCCCCC(=O)OC[C@H](COP(=O)(O)OC[C@@H](O)COP(=O)(O)OC[C@@H](COC(=O)CCCCCCCCCCC)OC(=O)CCCCCCCCCCCCCCCC)OC(=O)CCCCCCCCCCCCCCCCCC. The van der Waals surface area contributed by atoms with Crippen molar-refractivity contribution < 1.29 is 80.2 Å². The summed E-state index contributed by atoms with van der Waals surface area (Å²) < 4.78 is 68.5. The molecular weight excluding hydrogens is 1250 g/mol. The van der Waals surface area contributed by atoms with E-state index >= 15 is 0 Å². The van der Waals surface area contributed by atoms with E-state index < -0.39 is 97.5 Å². The molecule has 0 aliphatic heterocycles. The van der Waals surface area contributed by atoms with Gasteiger partial charge in [-0.1, -0.05) is 355 Å². The molecule has 5 atom stereocenters. The van der Waals surface area contributed by atoms with Gasteiger partial charge in [0, 0.05) is 25.7 Å². The van der Waals surface area contributed by atoms with Gasteiger partial charge in [0.2, 0.25) is 0 Å². The molecule has 0 aliphatic carbocycles. The first-order valence-corrected chi connectivity index (χ1v) is 42.8. The number of ether oxygens (including phenoxy) is 4. The molecule has 0 amide bonds. The largest absolute Gasteiger partial charge is 0.472 e. The molecule has 0 aliphatic rings. The Morgan fingerprint density at radius 3 is 0.621 bits per heavy atom. The first-order valence-electron chi connectivity index (χ1n) is 39.8. The smallest absolute Gasteiger partial charge is 0.462 e. The molecule has 564 valence electrons. The standard InChI is InChI=1S/C76H148O17P2/c1-5-9-13-17-21-25-28-31-34-36-39-41-45-49-53-57-61-74(79)87-67-72(93-76(81)63-59-55-51-47-43-40-37-35-32-29-26-22-18-14-10-6-2)69-91-95(84,85)89-65-70(77)64-88-94(82,83)90-68-71(66-86-73(78)60-56-52-48-44-24-20-16-12-8-4)92-75(80)62-58-54-50-46-42-38-33-30-27-23-19-15-11-7-3/h70-72,77H,5-69H2,1-4H3,(H,82,83)(H,84,85)/t70-,71+,72+/m0/s1. The summed E-state index contributed by atoms with van der Waals surface area (Å²) >= 11 is 0. The van der Waals surface area contributed by atoms with Crippen LogP contribution in [-0.4, -0.2) is 96.7 Å². The number of carbonyl (C=O) groups excluding carboxylic acids is 4. The Morgan fingerprint density at radius 2 is 0.421 bits per heavy atom. The Kier molecular flexibility index (Phi) is 69.1. The summed E-state index contributed by atoms with van der Waals surface area (Å²) in [7, 11) is -9.91. The zero-order valence-electron chi connectivity index (χ0n) is 61.6. The highest BCUT2D eigenvalue weighted by Gasteiger charge is 2.30. The maximum atomic E-state index is 13.1. The van der Waals surface area contributed by atoms with Crippen LogP contribution in [0.5, 0.6) is 0 Å². The van der Waals surface area contributed by atoms with E-state index in [9.17, 15) is 43.2 Å². The van der Waals surface area contributed by atoms with Crippen molar-refractivity contribution in [1.82, 2.24) is 0 Å². The molecular formula is C76H148O17P2. The van der Waals surface area contributed by atoms with Gasteiger partial charge in [-0.2, -0.15) is 0 Å². The lowest BCUT2D eigenvalue weighted by atomic mass is 10.0. The van der Waals surface area contributed by atoms with Crippen LogP contribution in [0.1, 0.15) is 407 Å². The molecule has 19 heteroatoms. The van der Waals surface area contributed by atoms with E-state index in [1.807, 2.05) is 0 Å². The van der Waals surface area contributed by atoms with Gasteiger partial charge in [0.15, 0.2) is 12.2 Å².